The molecular formula is C25H29N3O4S. The molecule has 7 nitrogen and oxygen atoms in total. The normalized spacial score (nSPS) is 14.6. The van der Waals surface area contributed by atoms with Gasteiger partial charge >= 0.3 is 6.09 Å². The number of hydrogen-bond acceptors (Lipinski definition) is 6. The molecule has 0 aliphatic rings. The minimum absolute atomic E-state index is 0.174. The number of carbonyl (C=O) groups is 2. The van der Waals surface area contributed by atoms with Crippen LogP contribution in [0.5, 0.6) is 0 Å². The number of primary amides is 1. The van der Waals surface area contributed by atoms with Gasteiger partial charge in [0.2, 0.25) is 5.91 Å². The van der Waals surface area contributed by atoms with Gasteiger partial charge in [0.05, 0.1) is 11.6 Å². The van der Waals surface area contributed by atoms with Crippen molar-refractivity contribution in [3.8, 4) is 0 Å². The Balaban J connectivity index is 1.93. The summed E-state index contributed by atoms with van der Waals surface area (Å²) in [6, 6.07) is 18.8. The predicted octanol–water partition coefficient (Wildman–Crippen LogP) is 3.26. The molecule has 0 saturated heterocycles. The Labute approximate surface area is 197 Å². The van der Waals surface area contributed by atoms with Crippen LogP contribution in [0, 0.1) is 0 Å². The molecular weight excluding hydrogens is 438 g/mol. The molecule has 0 radical (unpaired) electrons. The third-order valence-corrected chi connectivity index (χ3v) is 6.23. The van der Waals surface area contributed by atoms with E-state index >= 15 is 0 Å². The number of ether oxygens (including phenoxy) is 1. The van der Waals surface area contributed by atoms with Crippen molar-refractivity contribution in [2.24, 2.45) is 5.73 Å². The minimum Gasteiger partial charge on any atom is -0.440 e. The van der Waals surface area contributed by atoms with E-state index in [0.29, 0.717) is 6.42 Å². The molecule has 0 unspecified atom stereocenters. The lowest BCUT2D eigenvalue weighted by molar-refractivity contribution is -0.120. The average Bonchev–Trinajstić information content (AvgIpc) is 3.27. The van der Waals surface area contributed by atoms with Gasteiger partial charge in [-0.25, -0.2) is 4.79 Å². The molecule has 0 aliphatic heterocycles. The van der Waals surface area contributed by atoms with Crippen molar-refractivity contribution in [3.63, 3.8) is 0 Å². The first-order valence-electron chi connectivity index (χ1n) is 10.7. The van der Waals surface area contributed by atoms with Crippen LogP contribution in [-0.2, 0) is 28.8 Å². The van der Waals surface area contributed by atoms with Gasteiger partial charge in [-0.1, -0.05) is 60.7 Å². The first-order chi connectivity index (χ1) is 15.9. The lowest BCUT2D eigenvalue weighted by Gasteiger charge is -2.38. The molecule has 0 spiro atoms. The first-order valence-corrected chi connectivity index (χ1v) is 11.6. The molecule has 2 amide bonds. The molecule has 0 fully saturated rings. The van der Waals surface area contributed by atoms with Crippen LogP contribution in [0.4, 0.5) is 4.79 Å². The van der Waals surface area contributed by atoms with Crippen molar-refractivity contribution in [2.45, 2.75) is 50.4 Å². The summed E-state index contributed by atoms with van der Waals surface area (Å²) < 4.78 is 5.69. The largest absolute Gasteiger partial charge is 0.440 e. The molecule has 3 atom stereocenters. The summed E-state index contributed by atoms with van der Waals surface area (Å²) >= 11 is 1.41. The second-order valence-electron chi connectivity index (χ2n) is 8.13. The number of thiazole rings is 1. The lowest BCUT2D eigenvalue weighted by atomic mass is 9.81. The lowest BCUT2D eigenvalue weighted by Crippen LogP contribution is -2.53. The van der Waals surface area contributed by atoms with Gasteiger partial charge in [-0.15, -0.1) is 11.3 Å². The van der Waals surface area contributed by atoms with Gasteiger partial charge in [0, 0.05) is 36.9 Å². The highest BCUT2D eigenvalue weighted by Crippen LogP contribution is 2.31. The Kier molecular flexibility index (Phi) is 8.57. The Bertz CT molecular complexity index is 1010. The van der Waals surface area contributed by atoms with E-state index in [9.17, 15) is 14.7 Å². The SMILES string of the molecule is CC(=O)N[C@@H](Cc1ccccc1)C[C@H](O)[C@](Cc1ccccc1)(Cc1cncs1)OC(N)=O. The molecule has 0 saturated carbocycles. The second kappa shape index (κ2) is 11.6. The van der Waals surface area contributed by atoms with E-state index in [1.165, 1.54) is 18.3 Å². The highest BCUT2D eigenvalue weighted by molar-refractivity contribution is 7.09. The third-order valence-electron chi connectivity index (χ3n) is 5.45. The minimum atomic E-state index is -1.33. The van der Waals surface area contributed by atoms with E-state index in [-0.39, 0.29) is 31.2 Å². The van der Waals surface area contributed by atoms with Crippen molar-refractivity contribution < 1.29 is 19.4 Å². The Morgan fingerprint density at radius 2 is 1.73 bits per heavy atom. The smallest absolute Gasteiger partial charge is 0.405 e. The highest BCUT2D eigenvalue weighted by Gasteiger charge is 2.43. The van der Waals surface area contributed by atoms with Crippen molar-refractivity contribution >= 4 is 23.3 Å². The zero-order valence-electron chi connectivity index (χ0n) is 18.5. The van der Waals surface area contributed by atoms with Gasteiger partial charge in [0.15, 0.2) is 0 Å². The number of benzene rings is 2. The van der Waals surface area contributed by atoms with Gasteiger partial charge in [0.1, 0.15) is 5.60 Å². The number of aliphatic hydroxyl groups is 1. The van der Waals surface area contributed by atoms with Crippen LogP contribution in [0.25, 0.3) is 0 Å². The van der Waals surface area contributed by atoms with E-state index in [0.717, 1.165) is 16.0 Å². The summed E-state index contributed by atoms with van der Waals surface area (Å²) in [5.41, 5.74) is 7.76. The number of amides is 2. The summed E-state index contributed by atoms with van der Waals surface area (Å²) in [6.45, 7) is 1.44. The zero-order chi connectivity index (χ0) is 23.7. The monoisotopic (exact) mass is 467 g/mol. The third kappa shape index (κ3) is 7.40. The molecule has 0 bridgehead atoms. The van der Waals surface area contributed by atoms with E-state index in [2.05, 4.69) is 10.3 Å². The number of carbonyl (C=O) groups excluding carboxylic acids is 2. The molecule has 2 aromatic carbocycles. The molecule has 4 N–H and O–H groups in total. The number of aliphatic hydroxyl groups excluding tert-OH is 1. The van der Waals surface area contributed by atoms with Crippen molar-refractivity contribution in [1.82, 2.24) is 10.3 Å². The molecule has 1 aromatic heterocycles. The van der Waals surface area contributed by atoms with Crippen LogP contribution in [0.15, 0.2) is 72.4 Å². The van der Waals surface area contributed by atoms with E-state index in [4.69, 9.17) is 10.5 Å². The highest BCUT2D eigenvalue weighted by atomic mass is 32.1. The van der Waals surface area contributed by atoms with Gasteiger partial charge in [-0.05, 0) is 24.0 Å². The second-order valence-corrected chi connectivity index (χ2v) is 9.10. The van der Waals surface area contributed by atoms with E-state index in [1.54, 1.807) is 11.7 Å². The zero-order valence-corrected chi connectivity index (χ0v) is 19.3. The quantitative estimate of drug-likeness (QED) is 0.400. The topological polar surface area (TPSA) is 115 Å². The number of hydrogen-bond donors (Lipinski definition) is 3. The summed E-state index contributed by atoms with van der Waals surface area (Å²) in [6.07, 6.45) is 0.824. The summed E-state index contributed by atoms with van der Waals surface area (Å²) in [5, 5.41) is 14.5. The Morgan fingerprint density at radius 3 is 2.27 bits per heavy atom. The fraction of sp³-hybridized carbons (Fsp3) is 0.320. The maximum Gasteiger partial charge on any atom is 0.405 e. The molecule has 174 valence electrons. The van der Waals surface area contributed by atoms with Crippen LogP contribution in [0.1, 0.15) is 29.3 Å². The average molecular weight is 468 g/mol. The standard InChI is InChI=1S/C25H29N3O4S/c1-18(29)28-21(12-19-8-4-2-5-9-19)13-23(30)25(32-24(26)31,15-22-16-27-17-33-22)14-20-10-6-3-7-11-20/h2-11,16-17,21,23,30H,12-15H2,1H3,(H2,26,31)(H,28,29)/t21-,23-,25-/m0/s1. The fourth-order valence-electron chi connectivity index (χ4n) is 4.07. The molecule has 0 aliphatic carbocycles. The first kappa shape index (κ1) is 24.4. The summed E-state index contributed by atoms with van der Waals surface area (Å²) in [5.74, 6) is -0.199. The van der Waals surface area contributed by atoms with E-state index < -0.39 is 17.8 Å². The number of rotatable bonds is 11. The van der Waals surface area contributed by atoms with Gasteiger partial charge in [-0.3, -0.25) is 9.78 Å². The van der Waals surface area contributed by atoms with Crippen LogP contribution in [0.2, 0.25) is 0 Å². The summed E-state index contributed by atoms with van der Waals surface area (Å²) in [7, 11) is 0. The van der Waals surface area contributed by atoms with Crippen molar-refractivity contribution in [2.75, 3.05) is 0 Å². The van der Waals surface area contributed by atoms with Gasteiger partial charge in [-0.2, -0.15) is 0 Å². The maximum atomic E-state index is 12.0. The number of aromatic nitrogens is 1. The predicted molar refractivity (Wildman–Crippen MR) is 128 cm³/mol. The van der Waals surface area contributed by atoms with Crippen LogP contribution < -0.4 is 11.1 Å². The summed E-state index contributed by atoms with van der Waals surface area (Å²) in [4.78, 5) is 28.9. The molecule has 3 aromatic rings. The van der Waals surface area contributed by atoms with Crippen LogP contribution in [0.3, 0.4) is 0 Å². The Hall–Kier alpha value is -3.23. The molecule has 8 heteroatoms. The van der Waals surface area contributed by atoms with Crippen molar-refractivity contribution in [1.29, 1.82) is 0 Å². The fourth-order valence-corrected chi connectivity index (χ4v) is 4.77. The number of nitrogens with zero attached hydrogens (tertiary/aromatic N) is 1. The number of nitrogens with one attached hydrogen (secondary N) is 1. The molecule has 3 rings (SSSR count). The van der Waals surface area contributed by atoms with Gasteiger partial charge in [0.25, 0.3) is 0 Å². The molecule has 1 heterocycles. The molecule has 33 heavy (non-hydrogen) atoms. The van der Waals surface area contributed by atoms with Crippen LogP contribution >= 0.6 is 11.3 Å². The Morgan fingerprint density at radius 1 is 1.09 bits per heavy atom. The van der Waals surface area contributed by atoms with Crippen molar-refractivity contribution in [3.05, 3.63) is 88.4 Å². The maximum absolute atomic E-state index is 12.0. The van der Waals surface area contributed by atoms with Gasteiger partial charge < -0.3 is 20.9 Å². The number of nitrogens with two attached hydrogens (primary N) is 1. The van der Waals surface area contributed by atoms with E-state index in [1.807, 2.05) is 60.7 Å². The van der Waals surface area contributed by atoms with Crippen LogP contribution in [-0.4, -0.2) is 39.8 Å².